The highest BCUT2D eigenvalue weighted by Gasteiger charge is 2.41. The van der Waals surface area contributed by atoms with Crippen molar-refractivity contribution in [1.29, 1.82) is 0 Å². The zero-order valence-electron chi connectivity index (χ0n) is 22.7. The van der Waals surface area contributed by atoms with Crippen molar-refractivity contribution in [2.24, 2.45) is 0 Å². The molecule has 0 bridgehead atoms. The van der Waals surface area contributed by atoms with Gasteiger partial charge in [0, 0.05) is 12.1 Å². The van der Waals surface area contributed by atoms with Gasteiger partial charge < -0.3 is 39.0 Å². The fraction of sp³-hybridized carbons (Fsp3) is 0.300. The Morgan fingerprint density at radius 2 is 1.29 bits per heavy atom. The maximum absolute atomic E-state index is 14.4. The molecule has 0 fully saturated rings. The Balaban J connectivity index is 1.63. The van der Waals surface area contributed by atoms with Crippen LogP contribution >= 0.6 is 7.60 Å². The highest BCUT2D eigenvalue weighted by Crippen LogP contribution is 2.53. The van der Waals surface area contributed by atoms with Crippen molar-refractivity contribution in [2.45, 2.75) is 12.2 Å². The summed E-state index contributed by atoms with van der Waals surface area (Å²) in [5.41, 5.74) is 7.16. The lowest BCUT2D eigenvalue weighted by Gasteiger charge is -2.28. The van der Waals surface area contributed by atoms with Gasteiger partial charge in [-0.15, -0.1) is 6.42 Å². The van der Waals surface area contributed by atoms with Crippen LogP contribution in [-0.4, -0.2) is 58.1 Å². The highest BCUT2D eigenvalue weighted by molar-refractivity contribution is 7.55. The SMILES string of the molecule is C#CCOCCOCCOCCOC(=O)NC(Cc1ccc(N)cc1)P(=O)(Oc1ccccc1)Oc1ccccc1. The zero-order chi connectivity index (χ0) is 29.2. The molecule has 0 spiro atoms. The minimum Gasteiger partial charge on any atom is -0.447 e. The summed E-state index contributed by atoms with van der Waals surface area (Å²) in [7, 11) is -4.08. The van der Waals surface area contributed by atoms with Gasteiger partial charge in [0.15, 0.2) is 5.78 Å². The number of hydrogen-bond donors (Lipinski definition) is 2. The van der Waals surface area contributed by atoms with E-state index in [1.807, 2.05) is 0 Å². The molecule has 1 unspecified atom stereocenters. The van der Waals surface area contributed by atoms with E-state index in [0.29, 0.717) is 43.6 Å². The molecule has 11 heteroatoms. The molecule has 10 nitrogen and oxygen atoms in total. The van der Waals surface area contributed by atoms with Crippen LogP contribution in [0.2, 0.25) is 0 Å². The summed E-state index contributed by atoms with van der Waals surface area (Å²) in [6.45, 7) is 1.82. The number of alkyl carbamates (subject to hydrolysis) is 1. The standard InChI is InChI=1S/C30H35N2O8P/c1-2-17-35-18-19-36-20-21-37-22-23-38-30(33)32-29(24-25-13-15-26(31)16-14-25)41(34,39-27-9-5-3-6-10-27)40-28-11-7-4-8-12-28/h1,3-16,29H,17-24,31H2,(H,32,33). The van der Waals surface area contributed by atoms with Crippen LogP contribution in [0, 0.1) is 12.3 Å². The number of nitrogens with one attached hydrogen (secondary N) is 1. The molecule has 1 atom stereocenters. The van der Waals surface area contributed by atoms with E-state index in [9.17, 15) is 9.36 Å². The van der Waals surface area contributed by atoms with Gasteiger partial charge in [-0.1, -0.05) is 54.5 Å². The summed E-state index contributed by atoms with van der Waals surface area (Å²) < 4.78 is 47.5. The fourth-order valence-electron chi connectivity index (χ4n) is 3.46. The molecule has 41 heavy (non-hydrogen) atoms. The largest absolute Gasteiger partial charge is 0.453 e. The summed E-state index contributed by atoms with van der Waals surface area (Å²) in [5, 5.41) is 2.68. The molecule has 1 amide bonds. The van der Waals surface area contributed by atoms with Gasteiger partial charge in [-0.3, -0.25) is 0 Å². The van der Waals surface area contributed by atoms with Crippen molar-refractivity contribution in [3.05, 3.63) is 90.5 Å². The minimum absolute atomic E-state index is 0.0326. The third-order valence-electron chi connectivity index (χ3n) is 5.42. The number of carbonyl (C=O) groups excluding carboxylic acids is 1. The van der Waals surface area contributed by atoms with Gasteiger partial charge >= 0.3 is 13.7 Å². The highest BCUT2D eigenvalue weighted by atomic mass is 31.2. The molecule has 0 aliphatic carbocycles. The summed E-state index contributed by atoms with van der Waals surface area (Å²) in [6, 6.07) is 24.2. The number of amides is 1. The van der Waals surface area contributed by atoms with Crippen molar-refractivity contribution < 1.29 is 37.4 Å². The van der Waals surface area contributed by atoms with Crippen LogP contribution in [0.5, 0.6) is 11.5 Å². The molecular formula is C30H35N2O8P. The number of para-hydroxylation sites is 2. The van der Waals surface area contributed by atoms with Gasteiger partial charge in [-0.05, 0) is 42.0 Å². The lowest BCUT2D eigenvalue weighted by molar-refractivity contribution is 0.00977. The van der Waals surface area contributed by atoms with Gasteiger partial charge in [0.25, 0.3) is 0 Å². The third kappa shape index (κ3) is 12.0. The van der Waals surface area contributed by atoms with E-state index in [0.717, 1.165) is 5.56 Å². The molecule has 218 valence electrons. The van der Waals surface area contributed by atoms with Crippen molar-refractivity contribution in [2.75, 3.05) is 52.0 Å². The van der Waals surface area contributed by atoms with Crippen LogP contribution in [0.3, 0.4) is 0 Å². The second-order valence-electron chi connectivity index (χ2n) is 8.57. The van der Waals surface area contributed by atoms with Gasteiger partial charge in [0.05, 0.1) is 33.0 Å². The van der Waals surface area contributed by atoms with E-state index in [4.69, 9.17) is 40.2 Å². The molecule has 3 N–H and O–H groups in total. The van der Waals surface area contributed by atoms with Crippen LogP contribution < -0.4 is 20.1 Å². The maximum Gasteiger partial charge on any atom is 0.453 e. The van der Waals surface area contributed by atoms with Crippen LogP contribution in [0.1, 0.15) is 5.56 Å². The number of nitrogen functional groups attached to an aromatic ring is 1. The Kier molecular flexibility index (Phi) is 13.6. The Bertz CT molecular complexity index is 1210. The smallest absolute Gasteiger partial charge is 0.447 e. The van der Waals surface area contributed by atoms with Gasteiger partial charge in [-0.2, -0.15) is 0 Å². The van der Waals surface area contributed by atoms with Crippen molar-refractivity contribution in [1.82, 2.24) is 5.32 Å². The number of carbonyl (C=O) groups is 1. The average Bonchev–Trinajstić information content (AvgIpc) is 2.97. The molecule has 0 aliphatic heterocycles. The molecule has 0 heterocycles. The summed E-state index contributed by atoms with van der Waals surface area (Å²) in [4.78, 5) is 12.8. The van der Waals surface area contributed by atoms with E-state index in [-0.39, 0.29) is 26.2 Å². The molecule has 3 aromatic carbocycles. The van der Waals surface area contributed by atoms with E-state index in [1.54, 1.807) is 84.9 Å². The second kappa shape index (κ2) is 17.6. The third-order valence-corrected chi connectivity index (χ3v) is 7.42. The quantitative estimate of drug-likeness (QED) is 0.0932. The molecule has 0 aromatic heterocycles. The number of anilines is 1. The maximum atomic E-state index is 14.4. The summed E-state index contributed by atoms with van der Waals surface area (Å²) >= 11 is 0. The Morgan fingerprint density at radius 3 is 1.83 bits per heavy atom. The van der Waals surface area contributed by atoms with E-state index in [1.165, 1.54) is 0 Å². The molecule has 3 rings (SSSR count). The second-order valence-corrected chi connectivity index (χ2v) is 10.6. The predicted octanol–water partition coefficient (Wildman–Crippen LogP) is 4.90. The number of rotatable bonds is 18. The lowest BCUT2D eigenvalue weighted by Crippen LogP contribution is -2.39. The zero-order valence-corrected chi connectivity index (χ0v) is 23.6. The Hall–Kier alpha value is -4.00. The van der Waals surface area contributed by atoms with Gasteiger partial charge in [0.1, 0.15) is 24.7 Å². The number of ether oxygens (including phenoxy) is 4. The van der Waals surface area contributed by atoms with Crippen molar-refractivity contribution in [3.8, 4) is 23.8 Å². The molecular weight excluding hydrogens is 547 g/mol. The minimum atomic E-state index is -4.08. The number of terminal acetylenes is 1. The molecule has 0 aliphatic rings. The Morgan fingerprint density at radius 1 is 0.780 bits per heavy atom. The van der Waals surface area contributed by atoms with Crippen molar-refractivity contribution >= 4 is 19.4 Å². The van der Waals surface area contributed by atoms with Crippen molar-refractivity contribution in [3.63, 3.8) is 0 Å². The monoisotopic (exact) mass is 582 g/mol. The summed E-state index contributed by atoms with van der Waals surface area (Å²) in [5.74, 6) is 1.91. The topological polar surface area (TPSA) is 128 Å². The first kappa shape index (κ1) is 31.5. The van der Waals surface area contributed by atoms with Crippen LogP contribution in [-0.2, 0) is 29.9 Å². The van der Waals surface area contributed by atoms with E-state index >= 15 is 0 Å². The van der Waals surface area contributed by atoms with E-state index in [2.05, 4.69) is 11.2 Å². The van der Waals surface area contributed by atoms with Gasteiger partial charge in [-0.25, -0.2) is 9.36 Å². The fourth-order valence-corrected chi connectivity index (χ4v) is 5.28. The van der Waals surface area contributed by atoms with Crippen LogP contribution in [0.4, 0.5) is 10.5 Å². The normalized spacial score (nSPS) is 11.7. The Labute approximate surface area is 240 Å². The lowest BCUT2D eigenvalue weighted by atomic mass is 10.1. The van der Waals surface area contributed by atoms with E-state index < -0.39 is 19.5 Å². The van der Waals surface area contributed by atoms with Crippen LogP contribution in [0.25, 0.3) is 0 Å². The first-order valence-corrected chi connectivity index (χ1v) is 14.6. The average molecular weight is 583 g/mol. The predicted molar refractivity (Wildman–Crippen MR) is 156 cm³/mol. The summed E-state index contributed by atoms with van der Waals surface area (Å²) in [6.07, 6.45) is 4.42. The molecule has 3 aromatic rings. The number of nitrogens with two attached hydrogens (primary N) is 1. The number of hydrogen-bond acceptors (Lipinski definition) is 9. The molecule has 0 saturated heterocycles. The van der Waals surface area contributed by atoms with Gasteiger partial charge in [0.2, 0.25) is 0 Å². The van der Waals surface area contributed by atoms with Crippen LogP contribution in [0.15, 0.2) is 84.9 Å². The first-order valence-electron chi connectivity index (χ1n) is 13.0. The first-order chi connectivity index (χ1) is 20.0. The number of benzene rings is 3. The molecule has 0 saturated carbocycles. The molecule has 0 radical (unpaired) electrons.